The fourth-order valence-corrected chi connectivity index (χ4v) is 1.34. The molecule has 0 atom stereocenters. The van der Waals surface area contributed by atoms with Crippen LogP contribution in [0.3, 0.4) is 0 Å². The molecule has 0 aliphatic rings. The van der Waals surface area contributed by atoms with Crippen LogP contribution < -0.4 is 16.0 Å². The molecule has 0 unspecified atom stereocenters. The number of amides is 3. The minimum atomic E-state index is -0.773. The van der Waals surface area contributed by atoms with E-state index in [9.17, 15) is 14.4 Å². The standard InChI is InChI=1S/C12H14ClN3O3/c1-8(17)14-6-7-15-11(18)12(19)16-10-4-2-9(13)3-5-10/h2-5H,6-7H2,1H3,(H,14,17)(H,15,18)(H,16,19). The van der Waals surface area contributed by atoms with Crippen LogP contribution in [0, 0.1) is 0 Å². The number of carbonyl (C=O) groups excluding carboxylic acids is 3. The molecule has 19 heavy (non-hydrogen) atoms. The van der Waals surface area contributed by atoms with Gasteiger partial charge in [0.15, 0.2) is 0 Å². The zero-order valence-corrected chi connectivity index (χ0v) is 11.1. The number of halogens is 1. The molecule has 102 valence electrons. The number of hydrogen-bond donors (Lipinski definition) is 3. The van der Waals surface area contributed by atoms with Crippen molar-refractivity contribution < 1.29 is 14.4 Å². The van der Waals surface area contributed by atoms with Crippen LogP contribution >= 0.6 is 11.6 Å². The van der Waals surface area contributed by atoms with Gasteiger partial charge in [0.1, 0.15) is 0 Å². The molecule has 0 spiro atoms. The van der Waals surface area contributed by atoms with Crippen molar-refractivity contribution in [3.63, 3.8) is 0 Å². The van der Waals surface area contributed by atoms with E-state index in [2.05, 4.69) is 16.0 Å². The normalized spacial score (nSPS) is 9.58. The van der Waals surface area contributed by atoms with E-state index in [1.54, 1.807) is 24.3 Å². The maximum absolute atomic E-state index is 11.5. The first-order valence-electron chi connectivity index (χ1n) is 5.58. The van der Waals surface area contributed by atoms with Crippen LogP contribution in [-0.2, 0) is 14.4 Å². The summed E-state index contributed by atoms with van der Waals surface area (Å²) >= 11 is 5.69. The number of carbonyl (C=O) groups is 3. The van der Waals surface area contributed by atoms with E-state index in [0.717, 1.165) is 0 Å². The second-order valence-corrected chi connectivity index (χ2v) is 4.14. The Morgan fingerprint density at radius 1 is 1.00 bits per heavy atom. The van der Waals surface area contributed by atoms with Crippen molar-refractivity contribution in [1.82, 2.24) is 10.6 Å². The van der Waals surface area contributed by atoms with E-state index in [0.29, 0.717) is 10.7 Å². The topological polar surface area (TPSA) is 87.3 Å². The molecule has 1 aromatic carbocycles. The van der Waals surface area contributed by atoms with Crippen LogP contribution in [0.25, 0.3) is 0 Å². The minimum absolute atomic E-state index is 0.187. The van der Waals surface area contributed by atoms with Crippen molar-refractivity contribution in [2.75, 3.05) is 18.4 Å². The second kappa shape index (κ2) is 7.38. The lowest BCUT2D eigenvalue weighted by atomic mass is 10.3. The highest BCUT2D eigenvalue weighted by atomic mass is 35.5. The summed E-state index contributed by atoms with van der Waals surface area (Å²) in [5.41, 5.74) is 0.478. The maximum Gasteiger partial charge on any atom is 0.313 e. The molecule has 0 saturated heterocycles. The van der Waals surface area contributed by atoms with Gasteiger partial charge < -0.3 is 16.0 Å². The van der Waals surface area contributed by atoms with Gasteiger partial charge in [-0.15, -0.1) is 0 Å². The highest BCUT2D eigenvalue weighted by Crippen LogP contribution is 2.12. The predicted octanol–water partition coefficient (Wildman–Crippen LogP) is 0.531. The molecule has 0 fully saturated rings. The Morgan fingerprint density at radius 2 is 1.58 bits per heavy atom. The van der Waals surface area contributed by atoms with Gasteiger partial charge in [0.2, 0.25) is 5.91 Å². The Balaban J connectivity index is 2.34. The van der Waals surface area contributed by atoms with Gasteiger partial charge in [-0.2, -0.15) is 0 Å². The van der Waals surface area contributed by atoms with Gasteiger partial charge in [0.05, 0.1) is 0 Å². The van der Waals surface area contributed by atoms with E-state index >= 15 is 0 Å². The first kappa shape index (κ1) is 15.0. The number of hydrogen-bond acceptors (Lipinski definition) is 3. The van der Waals surface area contributed by atoms with Crippen LogP contribution in [0.4, 0.5) is 5.69 Å². The summed E-state index contributed by atoms with van der Waals surface area (Å²) in [4.78, 5) is 33.5. The monoisotopic (exact) mass is 283 g/mol. The summed E-state index contributed by atoms with van der Waals surface area (Å²) in [6.45, 7) is 1.83. The Kier molecular flexibility index (Phi) is 5.81. The van der Waals surface area contributed by atoms with Gasteiger partial charge >= 0.3 is 11.8 Å². The molecule has 0 aliphatic heterocycles. The van der Waals surface area contributed by atoms with Gasteiger partial charge in [0, 0.05) is 30.7 Å². The number of anilines is 1. The molecular formula is C12H14ClN3O3. The fourth-order valence-electron chi connectivity index (χ4n) is 1.22. The molecule has 3 N–H and O–H groups in total. The summed E-state index contributed by atoms with van der Waals surface area (Å²) in [6, 6.07) is 6.38. The van der Waals surface area contributed by atoms with Gasteiger partial charge in [-0.3, -0.25) is 14.4 Å². The van der Waals surface area contributed by atoms with Crippen molar-refractivity contribution in [1.29, 1.82) is 0 Å². The third-order valence-corrected chi connectivity index (χ3v) is 2.34. The first-order valence-corrected chi connectivity index (χ1v) is 5.96. The maximum atomic E-state index is 11.5. The molecular weight excluding hydrogens is 270 g/mol. The lowest BCUT2D eigenvalue weighted by molar-refractivity contribution is -0.136. The fraction of sp³-hybridized carbons (Fsp3) is 0.250. The second-order valence-electron chi connectivity index (χ2n) is 3.70. The lowest BCUT2D eigenvalue weighted by Crippen LogP contribution is -2.39. The predicted molar refractivity (Wildman–Crippen MR) is 71.8 cm³/mol. The van der Waals surface area contributed by atoms with Crippen LogP contribution in [0.15, 0.2) is 24.3 Å². The van der Waals surface area contributed by atoms with Crippen molar-refractivity contribution in [3.05, 3.63) is 29.3 Å². The Morgan fingerprint density at radius 3 is 2.16 bits per heavy atom. The minimum Gasteiger partial charge on any atom is -0.355 e. The summed E-state index contributed by atoms with van der Waals surface area (Å²) in [6.07, 6.45) is 0. The quantitative estimate of drug-likeness (QED) is 0.556. The molecule has 0 heterocycles. The first-order chi connectivity index (χ1) is 8.99. The summed E-state index contributed by atoms with van der Waals surface area (Å²) in [5.74, 6) is -1.73. The van der Waals surface area contributed by atoms with Crippen LogP contribution in [0.1, 0.15) is 6.92 Å². The molecule has 1 rings (SSSR count). The average Bonchev–Trinajstić information content (AvgIpc) is 2.36. The van der Waals surface area contributed by atoms with Crippen LogP contribution in [-0.4, -0.2) is 30.8 Å². The summed E-state index contributed by atoms with van der Waals surface area (Å²) in [7, 11) is 0. The lowest BCUT2D eigenvalue weighted by Gasteiger charge is -2.06. The average molecular weight is 284 g/mol. The molecule has 0 saturated carbocycles. The Bertz CT molecular complexity index is 474. The molecule has 0 aromatic heterocycles. The zero-order valence-electron chi connectivity index (χ0n) is 10.3. The number of benzene rings is 1. The molecule has 3 amide bonds. The Labute approximate surface area is 115 Å². The van der Waals surface area contributed by atoms with E-state index in [1.807, 2.05) is 0 Å². The van der Waals surface area contributed by atoms with Gasteiger partial charge in [-0.05, 0) is 24.3 Å². The Hall–Kier alpha value is -2.08. The van der Waals surface area contributed by atoms with Gasteiger partial charge in [0.25, 0.3) is 0 Å². The molecule has 0 radical (unpaired) electrons. The van der Waals surface area contributed by atoms with Crippen LogP contribution in [0.2, 0.25) is 5.02 Å². The number of nitrogens with one attached hydrogen (secondary N) is 3. The SMILES string of the molecule is CC(=O)NCCNC(=O)C(=O)Nc1ccc(Cl)cc1. The third-order valence-electron chi connectivity index (χ3n) is 2.09. The van der Waals surface area contributed by atoms with E-state index < -0.39 is 11.8 Å². The summed E-state index contributed by atoms with van der Waals surface area (Å²) in [5, 5.41) is 7.83. The van der Waals surface area contributed by atoms with Crippen LogP contribution in [0.5, 0.6) is 0 Å². The summed E-state index contributed by atoms with van der Waals surface area (Å²) < 4.78 is 0. The number of rotatable bonds is 4. The van der Waals surface area contributed by atoms with E-state index in [1.165, 1.54) is 6.92 Å². The highest BCUT2D eigenvalue weighted by molar-refractivity contribution is 6.39. The van der Waals surface area contributed by atoms with Gasteiger partial charge in [-0.25, -0.2) is 0 Å². The van der Waals surface area contributed by atoms with E-state index in [4.69, 9.17) is 11.6 Å². The van der Waals surface area contributed by atoms with E-state index in [-0.39, 0.29) is 19.0 Å². The molecule has 1 aromatic rings. The largest absolute Gasteiger partial charge is 0.355 e. The zero-order chi connectivity index (χ0) is 14.3. The smallest absolute Gasteiger partial charge is 0.313 e. The molecule has 0 bridgehead atoms. The third kappa shape index (κ3) is 5.87. The molecule has 7 heteroatoms. The molecule has 6 nitrogen and oxygen atoms in total. The molecule has 0 aliphatic carbocycles. The van der Waals surface area contributed by atoms with Gasteiger partial charge in [-0.1, -0.05) is 11.6 Å². The van der Waals surface area contributed by atoms with Crippen molar-refractivity contribution >= 4 is 35.0 Å². The van der Waals surface area contributed by atoms with Crippen molar-refractivity contribution in [3.8, 4) is 0 Å². The van der Waals surface area contributed by atoms with Crippen molar-refractivity contribution in [2.45, 2.75) is 6.92 Å². The van der Waals surface area contributed by atoms with Crippen molar-refractivity contribution in [2.24, 2.45) is 0 Å². The highest BCUT2D eigenvalue weighted by Gasteiger charge is 2.12.